The van der Waals surface area contributed by atoms with Crippen molar-refractivity contribution >= 4 is 5.91 Å². The minimum atomic E-state index is -0.900. The Morgan fingerprint density at radius 1 is 1.77 bits per heavy atom. The van der Waals surface area contributed by atoms with E-state index in [9.17, 15) is 9.18 Å². The number of hydrogen-bond donors (Lipinski definition) is 2. The molecular formula is C9H13FN2O. The van der Waals surface area contributed by atoms with Crippen molar-refractivity contribution in [2.75, 3.05) is 13.1 Å². The molecule has 3 nitrogen and oxygen atoms in total. The number of halogens is 1. The minimum absolute atomic E-state index is 0.157. The standard InChI is InChI=1S/C9H13FN2O/c1-2-3-4-11-9(13)8-5-7(10)6-12-8/h1,7-8,12H,3-6H2,(H,11,13)/t7-,8+/m0/s1. The van der Waals surface area contributed by atoms with Gasteiger partial charge in [-0.15, -0.1) is 12.3 Å². The van der Waals surface area contributed by atoms with Crippen molar-refractivity contribution in [2.24, 2.45) is 0 Å². The van der Waals surface area contributed by atoms with Gasteiger partial charge in [-0.25, -0.2) is 4.39 Å². The maximum absolute atomic E-state index is 12.6. The van der Waals surface area contributed by atoms with Crippen molar-refractivity contribution in [3.8, 4) is 12.3 Å². The summed E-state index contributed by atoms with van der Waals surface area (Å²) in [7, 11) is 0. The third-order valence-electron chi connectivity index (χ3n) is 1.96. The molecule has 0 aromatic carbocycles. The quantitative estimate of drug-likeness (QED) is 0.472. The van der Waals surface area contributed by atoms with E-state index in [0.29, 0.717) is 13.0 Å². The fourth-order valence-electron chi connectivity index (χ4n) is 1.27. The molecule has 72 valence electrons. The van der Waals surface area contributed by atoms with E-state index in [1.807, 2.05) is 0 Å². The third-order valence-corrected chi connectivity index (χ3v) is 1.96. The minimum Gasteiger partial charge on any atom is -0.354 e. The van der Waals surface area contributed by atoms with Crippen LogP contribution in [0.15, 0.2) is 0 Å². The Bertz CT molecular complexity index is 224. The van der Waals surface area contributed by atoms with Gasteiger partial charge in [0.25, 0.3) is 0 Å². The van der Waals surface area contributed by atoms with Crippen LogP contribution in [0, 0.1) is 12.3 Å². The van der Waals surface area contributed by atoms with E-state index in [-0.39, 0.29) is 24.9 Å². The van der Waals surface area contributed by atoms with Gasteiger partial charge in [0.2, 0.25) is 5.91 Å². The molecule has 0 spiro atoms. The largest absolute Gasteiger partial charge is 0.354 e. The van der Waals surface area contributed by atoms with Crippen molar-refractivity contribution in [2.45, 2.75) is 25.1 Å². The lowest BCUT2D eigenvalue weighted by atomic mass is 10.2. The van der Waals surface area contributed by atoms with E-state index in [4.69, 9.17) is 6.42 Å². The van der Waals surface area contributed by atoms with E-state index in [1.54, 1.807) is 0 Å². The van der Waals surface area contributed by atoms with Gasteiger partial charge >= 0.3 is 0 Å². The third kappa shape index (κ3) is 3.03. The van der Waals surface area contributed by atoms with Crippen molar-refractivity contribution in [1.29, 1.82) is 0 Å². The highest BCUT2D eigenvalue weighted by Gasteiger charge is 2.28. The second-order valence-corrected chi connectivity index (χ2v) is 3.04. The van der Waals surface area contributed by atoms with Crippen LogP contribution in [0.1, 0.15) is 12.8 Å². The van der Waals surface area contributed by atoms with Gasteiger partial charge in [0.1, 0.15) is 6.17 Å². The first kappa shape index (κ1) is 10.0. The molecule has 13 heavy (non-hydrogen) atoms. The van der Waals surface area contributed by atoms with Crippen molar-refractivity contribution in [1.82, 2.24) is 10.6 Å². The number of carbonyl (C=O) groups excluding carboxylic acids is 1. The molecule has 1 aliphatic rings. The SMILES string of the molecule is C#CCCNC(=O)[C@H]1C[C@H](F)CN1. The van der Waals surface area contributed by atoms with Crippen LogP contribution in [0.4, 0.5) is 4.39 Å². The molecule has 0 aromatic heterocycles. The summed E-state index contributed by atoms with van der Waals surface area (Å²) >= 11 is 0. The van der Waals surface area contributed by atoms with Crippen molar-refractivity contribution in [3.05, 3.63) is 0 Å². The molecular weight excluding hydrogens is 171 g/mol. The molecule has 4 heteroatoms. The average molecular weight is 184 g/mol. The zero-order valence-corrected chi connectivity index (χ0v) is 7.35. The number of rotatable bonds is 3. The van der Waals surface area contributed by atoms with Crippen LogP contribution >= 0.6 is 0 Å². The molecule has 1 aliphatic heterocycles. The molecule has 0 radical (unpaired) electrons. The summed E-state index contributed by atoms with van der Waals surface area (Å²) in [6.45, 7) is 0.734. The Kier molecular flexibility index (Phi) is 3.71. The first-order valence-electron chi connectivity index (χ1n) is 4.32. The molecule has 1 heterocycles. The van der Waals surface area contributed by atoms with Crippen LogP contribution in [-0.4, -0.2) is 31.2 Å². The zero-order valence-electron chi connectivity index (χ0n) is 7.35. The van der Waals surface area contributed by atoms with E-state index < -0.39 is 6.17 Å². The van der Waals surface area contributed by atoms with Crippen LogP contribution in [0.2, 0.25) is 0 Å². The van der Waals surface area contributed by atoms with Crippen molar-refractivity contribution in [3.63, 3.8) is 0 Å². The molecule has 1 amide bonds. The summed E-state index contributed by atoms with van der Waals surface area (Å²) in [6, 6.07) is -0.382. The second-order valence-electron chi connectivity index (χ2n) is 3.04. The van der Waals surface area contributed by atoms with Gasteiger partial charge in [0.15, 0.2) is 0 Å². The first-order chi connectivity index (χ1) is 6.24. The Balaban J connectivity index is 2.21. The Labute approximate surface area is 77.1 Å². The van der Waals surface area contributed by atoms with Gasteiger partial charge in [0.05, 0.1) is 6.04 Å². The van der Waals surface area contributed by atoms with Crippen LogP contribution in [0.3, 0.4) is 0 Å². The number of carbonyl (C=O) groups is 1. The highest BCUT2D eigenvalue weighted by atomic mass is 19.1. The van der Waals surface area contributed by atoms with Crippen LogP contribution in [0.25, 0.3) is 0 Å². The molecule has 2 atom stereocenters. The molecule has 0 bridgehead atoms. The number of nitrogens with one attached hydrogen (secondary N) is 2. The predicted octanol–water partition coefficient (Wildman–Crippen LogP) is -0.174. The maximum Gasteiger partial charge on any atom is 0.237 e. The van der Waals surface area contributed by atoms with Gasteiger partial charge in [-0.05, 0) is 0 Å². The Morgan fingerprint density at radius 2 is 2.54 bits per heavy atom. The molecule has 1 saturated heterocycles. The fraction of sp³-hybridized carbons (Fsp3) is 0.667. The number of amides is 1. The topological polar surface area (TPSA) is 41.1 Å². The predicted molar refractivity (Wildman–Crippen MR) is 47.8 cm³/mol. The highest BCUT2D eigenvalue weighted by molar-refractivity contribution is 5.82. The molecule has 1 fully saturated rings. The average Bonchev–Trinajstić information content (AvgIpc) is 2.52. The molecule has 0 aromatic rings. The lowest BCUT2D eigenvalue weighted by molar-refractivity contribution is -0.122. The summed E-state index contributed by atoms with van der Waals surface area (Å²) < 4.78 is 12.6. The lowest BCUT2D eigenvalue weighted by Gasteiger charge is -2.09. The summed E-state index contributed by atoms with van der Waals surface area (Å²) in [6.07, 6.45) is 4.89. The van der Waals surface area contributed by atoms with Gasteiger partial charge in [-0.3, -0.25) is 4.79 Å². The molecule has 1 rings (SSSR count). The molecule has 2 N–H and O–H groups in total. The van der Waals surface area contributed by atoms with E-state index in [0.717, 1.165) is 0 Å². The van der Waals surface area contributed by atoms with E-state index in [2.05, 4.69) is 16.6 Å². The fourth-order valence-corrected chi connectivity index (χ4v) is 1.27. The van der Waals surface area contributed by atoms with Gasteiger partial charge < -0.3 is 10.6 Å². The van der Waals surface area contributed by atoms with Gasteiger partial charge in [-0.2, -0.15) is 0 Å². The van der Waals surface area contributed by atoms with Gasteiger partial charge in [0, 0.05) is 25.9 Å². The highest BCUT2D eigenvalue weighted by Crippen LogP contribution is 2.09. The van der Waals surface area contributed by atoms with Gasteiger partial charge in [-0.1, -0.05) is 0 Å². The van der Waals surface area contributed by atoms with Crippen LogP contribution in [-0.2, 0) is 4.79 Å². The summed E-state index contributed by atoms with van der Waals surface area (Å²) in [5.41, 5.74) is 0. The summed E-state index contributed by atoms with van der Waals surface area (Å²) in [5, 5.41) is 5.43. The number of terminal acetylenes is 1. The summed E-state index contributed by atoms with van der Waals surface area (Å²) in [4.78, 5) is 11.3. The second kappa shape index (κ2) is 4.83. The Hall–Kier alpha value is -1.08. The Morgan fingerprint density at radius 3 is 3.08 bits per heavy atom. The smallest absolute Gasteiger partial charge is 0.237 e. The normalized spacial score (nSPS) is 26.8. The maximum atomic E-state index is 12.6. The number of hydrogen-bond acceptors (Lipinski definition) is 2. The van der Waals surface area contributed by atoms with Crippen LogP contribution < -0.4 is 10.6 Å². The van der Waals surface area contributed by atoms with E-state index in [1.165, 1.54) is 0 Å². The van der Waals surface area contributed by atoms with E-state index >= 15 is 0 Å². The number of alkyl halides is 1. The van der Waals surface area contributed by atoms with Crippen molar-refractivity contribution < 1.29 is 9.18 Å². The monoisotopic (exact) mass is 184 g/mol. The molecule has 0 aliphatic carbocycles. The zero-order chi connectivity index (χ0) is 9.68. The lowest BCUT2D eigenvalue weighted by Crippen LogP contribution is -2.40. The summed E-state index contributed by atoms with van der Waals surface area (Å²) in [5.74, 6) is 2.26. The molecule has 0 unspecified atom stereocenters. The molecule has 0 saturated carbocycles. The first-order valence-corrected chi connectivity index (χ1v) is 4.32. The van der Waals surface area contributed by atoms with Crippen LogP contribution in [0.5, 0.6) is 0 Å².